The number of amidine groups is 1. The molecule has 4 rings (SSSR count). The van der Waals surface area contributed by atoms with E-state index in [0.717, 1.165) is 17.0 Å². The van der Waals surface area contributed by atoms with Crippen LogP contribution in [0, 0.1) is 17.1 Å². The third kappa shape index (κ3) is 3.90. The number of halogens is 4. The van der Waals surface area contributed by atoms with Crippen molar-refractivity contribution in [1.82, 2.24) is 5.32 Å². The van der Waals surface area contributed by atoms with Crippen molar-refractivity contribution in [1.29, 1.82) is 5.26 Å². The number of nitriles is 1. The Morgan fingerprint density at radius 1 is 1.26 bits per heavy atom. The first-order valence-corrected chi connectivity index (χ1v) is 10.9. The van der Waals surface area contributed by atoms with Crippen LogP contribution >= 0.6 is 12.2 Å². The van der Waals surface area contributed by atoms with Crippen molar-refractivity contribution >= 4 is 46.1 Å². The van der Waals surface area contributed by atoms with E-state index in [1.165, 1.54) is 36.9 Å². The summed E-state index contributed by atoms with van der Waals surface area (Å²) in [6, 6.07) is 6.87. The summed E-state index contributed by atoms with van der Waals surface area (Å²) in [5, 5.41) is 22.1. The van der Waals surface area contributed by atoms with Crippen LogP contribution in [0.4, 0.5) is 34.6 Å². The van der Waals surface area contributed by atoms with E-state index < -0.39 is 40.8 Å². The fourth-order valence-corrected chi connectivity index (χ4v) is 4.63. The molecule has 1 atom stereocenters. The number of aliphatic imine (C=N–C) groups is 1. The van der Waals surface area contributed by atoms with Crippen LogP contribution in [0.5, 0.6) is 0 Å². The van der Waals surface area contributed by atoms with Gasteiger partial charge in [-0.1, -0.05) is 6.92 Å². The molecule has 2 heterocycles. The maximum atomic E-state index is 15.1. The molecule has 0 spiro atoms. The zero-order valence-electron chi connectivity index (χ0n) is 18.7. The lowest BCUT2D eigenvalue weighted by atomic mass is 10.0. The lowest BCUT2D eigenvalue weighted by Crippen LogP contribution is -2.44. The number of hydrogen-bond donors (Lipinski definition) is 2. The van der Waals surface area contributed by atoms with Crippen LogP contribution in [0.3, 0.4) is 0 Å². The second kappa shape index (κ2) is 8.28. The summed E-state index contributed by atoms with van der Waals surface area (Å²) >= 11 is 5.47. The van der Waals surface area contributed by atoms with Crippen LogP contribution in [-0.4, -0.2) is 27.5 Å². The highest BCUT2D eigenvalue weighted by Gasteiger charge is 2.51. The van der Waals surface area contributed by atoms with Gasteiger partial charge in [0.2, 0.25) is 0 Å². The smallest absolute Gasteiger partial charge is 0.369 e. The van der Waals surface area contributed by atoms with Crippen molar-refractivity contribution in [3.05, 3.63) is 52.8 Å². The maximum Gasteiger partial charge on any atom is 0.417 e. The molecule has 2 aliphatic heterocycles. The summed E-state index contributed by atoms with van der Waals surface area (Å²) in [4.78, 5) is 19.7. The van der Waals surface area contributed by atoms with Gasteiger partial charge in [-0.05, 0) is 56.4 Å². The molecule has 1 unspecified atom stereocenters. The van der Waals surface area contributed by atoms with Gasteiger partial charge in [-0.25, -0.2) is 9.38 Å². The zero-order chi connectivity index (χ0) is 25.9. The van der Waals surface area contributed by atoms with Gasteiger partial charge in [0.1, 0.15) is 17.1 Å². The zero-order valence-corrected chi connectivity index (χ0v) is 19.6. The van der Waals surface area contributed by atoms with E-state index in [1.54, 1.807) is 6.92 Å². The molecule has 0 saturated carbocycles. The molecule has 2 aromatic carbocycles. The van der Waals surface area contributed by atoms with Crippen LogP contribution in [0.2, 0.25) is 0 Å². The Morgan fingerprint density at radius 2 is 1.94 bits per heavy atom. The van der Waals surface area contributed by atoms with E-state index in [1.807, 2.05) is 0 Å². The minimum absolute atomic E-state index is 0.0511. The second-order valence-electron chi connectivity index (χ2n) is 8.48. The van der Waals surface area contributed by atoms with Crippen molar-refractivity contribution in [3.8, 4) is 6.07 Å². The van der Waals surface area contributed by atoms with Gasteiger partial charge >= 0.3 is 6.18 Å². The normalized spacial score (nSPS) is 19.3. The molecule has 1 fully saturated rings. The van der Waals surface area contributed by atoms with Crippen molar-refractivity contribution in [2.75, 3.05) is 9.80 Å². The number of carbonyl (C=O) groups is 1. The summed E-state index contributed by atoms with van der Waals surface area (Å²) in [6.45, 7) is 4.78. The quantitative estimate of drug-likeness (QED) is 0.466. The third-order valence-electron chi connectivity index (χ3n) is 5.87. The van der Waals surface area contributed by atoms with E-state index in [2.05, 4.69) is 10.3 Å². The van der Waals surface area contributed by atoms with Gasteiger partial charge in [-0.15, -0.1) is 0 Å². The van der Waals surface area contributed by atoms with Gasteiger partial charge in [0.05, 0.1) is 22.9 Å². The second-order valence-corrected chi connectivity index (χ2v) is 8.85. The first-order valence-electron chi connectivity index (χ1n) is 10.5. The minimum atomic E-state index is -4.83. The number of benzene rings is 2. The van der Waals surface area contributed by atoms with Gasteiger partial charge < -0.3 is 15.3 Å². The lowest BCUT2D eigenvalue weighted by Gasteiger charge is -2.31. The molecular formula is C23H19F4N5O2S. The molecule has 1 amide bonds. The molecule has 2 aliphatic rings. The van der Waals surface area contributed by atoms with Crippen LogP contribution in [0.15, 0.2) is 35.3 Å². The highest BCUT2D eigenvalue weighted by molar-refractivity contribution is 7.81. The lowest BCUT2D eigenvalue weighted by molar-refractivity contribution is -0.137. The number of nitrogens with one attached hydrogen (secondary N) is 1. The van der Waals surface area contributed by atoms with Crippen molar-refractivity contribution in [3.63, 3.8) is 0 Å². The van der Waals surface area contributed by atoms with E-state index in [9.17, 15) is 23.1 Å². The van der Waals surface area contributed by atoms with E-state index in [0.29, 0.717) is 18.3 Å². The SMILES string of the molecule is CCC1=Nc2c(F)cc(N3C(=S)N(c4ccc(C#N)c(C(F)(F)F)c4)C(=O)C3(C)C)cc2C(O)N1. The Bertz CT molecular complexity index is 1330. The van der Waals surface area contributed by atoms with Gasteiger partial charge in [0.15, 0.2) is 17.2 Å². The summed E-state index contributed by atoms with van der Waals surface area (Å²) in [5.41, 5.74) is -3.20. The standard InChI is InChI=1S/C23H19F4N5O2S/c1-4-17-29-18-14(19(33)30-17)7-13(9-16(18)24)32-21(35)31(20(34)22(32,2)3)12-6-5-11(10-28)15(8-12)23(25,26)27/h5-9,19,33H,4H2,1-3H3,(H,29,30). The first-order chi connectivity index (χ1) is 16.3. The Balaban J connectivity index is 1.82. The molecule has 12 heteroatoms. The number of rotatable bonds is 3. The maximum absolute atomic E-state index is 15.1. The summed E-state index contributed by atoms with van der Waals surface area (Å²) < 4.78 is 55.6. The highest BCUT2D eigenvalue weighted by atomic mass is 32.1. The molecule has 0 bridgehead atoms. The first kappa shape index (κ1) is 24.6. The fraction of sp³-hybridized carbons (Fsp3) is 0.304. The van der Waals surface area contributed by atoms with Gasteiger partial charge in [-0.3, -0.25) is 9.69 Å². The van der Waals surface area contributed by atoms with Crippen LogP contribution in [0.1, 0.15) is 50.1 Å². The number of fused-ring (bicyclic) bond motifs is 1. The van der Waals surface area contributed by atoms with E-state index >= 15 is 4.39 Å². The third-order valence-corrected chi connectivity index (χ3v) is 6.24. The largest absolute Gasteiger partial charge is 0.417 e. The number of anilines is 2. The highest BCUT2D eigenvalue weighted by Crippen LogP contribution is 2.42. The van der Waals surface area contributed by atoms with Gasteiger partial charge in [0.25, 0.3) is 5.91 Å². The predicted octanol–water partition coefficient (Wildman–Crippen LogP) is 4.67. The summed E-state index contributed by atoms with van der Waals surface area (Å²) in [7, 11) is 0. The van der Waals surface area contributed by atoms with Crippen LogP contribution in [0.25, 0.3) is 0 Å². The Labute approximate surface area is 203 Å². The number of aliphatic hydroxyl groups is 1. The Morgan fingerprint density at radius 3 is 2.54 bits per heavy atom. The summed E-state index contributed by atoms with van der Waals surface area (Å²) in [6.07, 6.45) is -5.65. The topological polar surface area (TPSA) is 92.0 Å². The Hall–Kier alpha value is -3.56. The minimum Gasteiger partial charge on any atom is -0.369 e. The number of alkyl halides is 3. The number of nitrogens with zero attached hydrogens (tertiary/aromatic N) is 4. The molecule has 1 saturated heterocycles. The fourth-order valence-electron chi connectivity index (χ4n) is 4.10. The molecule has 35 heavy (non-hydrogen) atoms. The molecule has 0 aliphatic carbocycles. The van der Waals surface area contributed by atoms with E-state index in [4.69, 9.17) is 17.5 Å². The van der Waals surface area contributed by atoms with Gasteiger partial charge in [0, 0.05) is 17.7 Å². The average Bonchev–Trinajstić information content (AvgIpc) is 2.96. The van der Waals surface area contributed by atoms with Gasteiger partial charge in [-0.2, -0.15) is 18.4 Å². The number of thiocarbonyl (C=S) groups is 1. The monoisotopic (exact) mass is 505 g/mol. The number of hydrogen-bond acceptors (Lipinski definition) is 6. The predicted molar refractivity (Wildman–Crippen MR) is 125 cm³/mol. The molecule has 0 aromatic heterocycles. The van der Waals surface area contributed by atoms with E-state index in [-0.39, 0.29) is 27.7 Å². The molecule has 7 nitrogen and oxygen atoms in total. The average molecular weight is 505 g/mol. The molecule has 2 N–H and O–H groups in total. The molecule has 182 valence electrons. The summed E-state index contributed by atoms with van der Waals surface area (Å²) in [5.74, 6) is -1.01. The number of amides is 1. The molecule has 2 aromatic rings. The van der Waals surface area contributed by atoms with Crippen LogP contribution < -0.4 is 15.1 Å². The van der Waals surface area contributed by atoms with Crippen molar-refractivity contribution < 1.29 is 27.5 Å². The van der Waals surface area contributed by atoms with Crippen molar-refractivity contribution in [2.24, 2.45) is 4.99 Å². The molecule has 0 radical (unpaired) electrons. The number of aliphatic hydroxyl groups excluding tert-OH is 1. The van der Waals surface area contributed by atoms with Crippen molar-refractivity contribution in [2.45, 2.75) is 45.1 Å². The van der Waals surface area contributed by atoms with Crippen LogP contribution in [-0.2, 0) is 11.0 Å². The Kier molecular flexibility index (Phi) is 5.81. The molecular weight excluding hydrogens is 486 g/mol. The number of carbonyl (C=O) groups excluding carboxylic acids is 1.